The van der Waals surface area contributed by atoms with Gasteiger partial charge < -0.3 is 5.11 Å². The van der Waals surface area contributed by atoms with Gasteiger partial charge in [-0.15, -0.1) is 0 Å². The SMILES string of the molecule is CCCCCCCCC1CCC(C(CCO)C2CCC(C#N)CC2)CC1. The summed E-state index contributed by atoms with van der Waals surface area (Å²) in [6, 6.07) is 2.47. The average molecular weight is 362 g/mol. The van der Waals surface area contributed by atoms with Crippen molar-refractivity contribution < 1.29 is 5.11 Å². The van der Waals surface area contributed by atoms with Crippen molar-refractivity contribution in [2.75, 3.05) is 6.61 Å². The minimum atomic E-state index is 0.300. The Kier molecular flexibility index (Phi) is 10.7. The first kappa shape index (κ1) is 21.7. The molecule has 1 atom stereocenters. The molecule has 0 saturated heterocycles. The Morgan fingerprint density at radius 2 is 1.42 bits per heavy atom. The smallest absolute Gasteiger partial charge is 0.0655 e. The summed E-state index contributed by atoms with van der Waals surface area (Å²) in [5.74, 6) is 3.60. The maximum absolute atomic E-state index is 9.60. The first-order valence-electron chi connectivity index (χ1n) is 11.8. The molecular formula is C24H43NO. The van der Waals surface area contributed by atoms with Gasteiger partial charge in [0, 0.05) is 12.5 Å². The summed E-state index contributed by atoms with van der Waals surface area (Å²) in [5.41, 5.74) is 0. The van der Waals surface area contributed by atoms with Crippen molar-refractivity contribution in [3.63, 3.8) is 0 Å². The lowest BCUT2D eigenvalue weighted by Crippen LogP contribution is -2.31. The molecule has 2 aliphatic rings. The summed E-state index contributed by atoms with van der Waals surface area (Å²) in [4.78, 5) is 0. The van der Waals surface area contributed by atoms with Crippen LogP contribution in [0.4, 0.5) is 0 Å². The van der Waals surface area contributed by atoms with Crippen LogP contribution in [0.1, 0.15) is 110 Å². The molecule has 0 heterocycles. The monoisotopic (exact) mass is 361 g/mol. The second kappa shape index (κ2) is 12.8. The maximum Gasteiger partial charge on any atom is 0.0655 e. The Morgan fingerprint density at radius 1 is 0.846 bits per heavy atom. The number of nitriles is 1. The molecule has 0 bridgehead atoms. The van der Waals surface area contributed by atoms with Gasteiger partial charge >= 0.3 is 0 Å². The second-order valence-electron chi connectivity index (χ2n) is 9.25. The zero-order valence-corrected chi connectivity index (χ0v) is 17.3. The van der Waals surface area contributed by atoms with Gasteiger partial charge in [0.2, 0.25) is 0 Å². The van der Waals surface area contributed by atoms with Gasteiger partial charge in [0.05, 0.1) is 6.07 Å². The number of hydrogen-bond acceptors (Lipinski definition) is 2. The molecule has 150 valence electrons. The van der Waals surface area contributed by atoms with Crippen molar-refractivity contribution in [3.05, 3.63) is 0 Å². The molecule has 2 heteroatoms. The number of rotatable bonds is 11. The summed E-state index contributed by atoms with van der Waals surface area (Å²) in [6.07, 6.45) is 21.2. The minimum Gasteiger partial charge on any atom is -0.396 e. The molecule has 1 unspecified atom stereocenters. The van der Waals surface area contributed by atoms with Crippen molar-refractivity contribution in [3.8, 4) is 6.07 Å². The summed E-state index contributed by atoms with van der Waals surface area (Å²) in [5, 5.41) is 18.7. The summed E-state index contributed by atoms with van der Waals surface area (Å²) in [7, 11) is 0. The van der Waals surface area contributed by atoms with E-state index < -0.39 is 0 Å². The highest BCUT2D eigenvalue weighted by Crippen LogP contribution is 2.44. The lowest BCUT2D eigenvalue weighted by Gasteiger charge is -2.40. The zero-order valence-electron chi connectivity index (χ0n) is 17.3. The molecule has 0 spiro atoms. The van der Waals surface area contributed by atoms with Gasteiger partial charge in [-0.25, -0.2) is 0 Å². The standard InChI is InChI=1S/C24H43NO/c1-2-3-4-5-6-7-8-20-9-13-22(14-10-20)24(17-18-26)23-15-11-21(19-25)12-16-23/h20-24,26H,2-18H2,1H3. The molecule has 0 aliphatic heterocycles. The Morgan fingerprint density at radius 3 is 2.00 bits per heavy atom. The molecule has 0 aromatic rings. The number of nitrogens with zero attached hydrogens (tertiary/aromatic N) is 1. The molecular weight excluding hydrogens is 318 g/mol. The quantitative estimate of drug-likeness (QED) is 0.408. The lowest BCUT2D eigenvalue weighted by atomic mass is 9.65. The highest BCUT2D eigenvalue weighted by Gasteiger charge is 2.34. The normalized spacial score (nSPS) is 30.7. The van der Waals surface area contributed by atoms with Gasteiger partial charge in [-0.3, -0.25) is 0 Å². The third-order valence-corrected chi connectivity index (χ3v) is 7.49. The zero-order chi connectivity index (χ0) is 18.6. The fraction of sp³-hybridized carbons (Fsp3) is 0.958. The lowest BCUT2D eigenvalue weighted by molar-refractivity contribution is 0.0918. The third-order valence-electron chi connectivity index (χ3n) is 7.49. The highest BCUT2D eigenvalue weighted by atomic mass is 16.3. The molecule has 2 aliphatic carbocycles. The molecule has 2 rings (SSSR count). The van der Waals surface area contributed by atoms with E-state index in [-0.39, 0.29) is 0 Å². The van der Waals surface area contributed by atoms with Crippen molar-refractivity contribution in [1.29, 1.82) is 5.26 Å². The molecule has 0 amide bonds. The predicted molar refractivity (Wildman–Crippen MR) is 110 cm³/mol. The highest BCUT2D eigenvalue weighted by molar-refractivity contribution is 4.90. The van der Waals surface area contributed by atoms with Crippen LogP contribution in [-0.2, 0) is 0 Å². The Balaban J connectivity index is 1.68. The number of unbranched alkanes of at least 4 members (excludes halogenated alkanes) is 5. The molecule has 0 aromatic carbocycles. The Labute approximate surface area is 162 Å². The minimum absolute atomic E-state index is 0.300. The van der Waals surface area contributed by atoms with E-state index in [1.165, 1.54) is 83.5 Å². The number of aliphatic hydroxyl groups excluding tert-OH is 1. The molecule has 26 heavy (non-hydrogen) atoms. The van der Waals surface area contributed by atoms with Gasteiger partial charge in [0.1, 0.15) is 0 Å². The van der Waals surface area contributed by atoms with E-state index in [0.29, 0.717) is 12.5 Å². The van der Waals surface area contributed by atoms with Crippen LogP contribution in [0.25, 0.3) is 0 Å². The maximum atomic E-state index is 9.60. The van der Waals surface area contributed by atoms with Crippen molar-refractivity contribution in [1.82, 2.24) is 0 Å². The van der Waals surface area contributed by atoms with Gasteiger partial charge in [-0.1, -0.05) is 64.7 Å². The van der Waals surface area contributed by atoms with E-state index in [9.17, 15) is 5.11 Å². The molecule has 0 radical (unpaired) electrons. The number of aliphatic hydroxyl groups is 1. The van der Waals surface area contributed by atoms with E-state index in [4.69, 9.17) is 5.26 Å². The Hall–Kier alpha value is -0.550. The largest absolute Gasteiger partial charge is 0.396 e. The summed E-state index contributed by atoms with van der Waals surface area (Å²) >= 11 is 0. The van der Waals surface area contributed by atoms with Crippen LogP contribution in [-0.4, -0.2) is 11.7 Å². The van der Waals surface area contributed by atoms with E-state index in [2.05, 4.69) is 13.0 Å². The van der Waals surface area contributed by atoms with Crippen LogP contribution in [0, 0.1) is 40.9 Å². The van der Waals surface area contributed by atoms with Crippen molar-refractivity contribution in [2.45, 2.75) is 110 Å². The molecule has 2 saturated carbocycles. The van der Waals surface area contributed by atoms with Crippen molar-refractivity contribution in [2.24, 2.45) is 29.6 Å². The summed E-state index contributed by atoms with van der Waals surface area (Å²) in [6.45, 7) is 2.64. The average Bonchev–Trinajstić information content (AvgIpc) is 2.69. The van der Waals surface area contributed by atoms with Crippen molar-refractivity contribution >= 4 is 0 Å². The predicted octanol–water partition coefficient (Wildman–Crippen LogP) is 6.87. The van der Waals surface area contributed by atoms with E-state index >= 15 is 0 Å². The summed E-state index contributed by atoms with van der Waals surface area (Å²) < 4.78 is 0. The van der Waals surface area contributed by atoms with E-state index in [1.54, 1.807) is 0 Å². The second-order valence-corrected chi connectivity index (χ2v) is 9.25. The van der Waals surface area contributed by atoms with E-state index in [1.807, 2.05) is 0 Å². The van der Waals surface area contributed by atoms with Crippen LogP contribution >= 0.6 is 0 Å². The van der Waals surface area contributed by atoms with Gasteiger partial charge in [0.15, 0.2) is 0 Å². The first-order valence-corrected chi connectivity index (χ1v) is 11.8. The van der Waals surface area contributed by atoms with Gasteiger partial charge in [0.25, 0.3) is 0 Å². The van der Waals surface area contributed by atoms with Gasteiger partial charge in [-0.05, 0) is 68.6 Å². The van der Waals surface area contributed by atoms with Crippen LogP contribution in [0.2, 0.25) is 0 Å². The van der Waals surface area contributed by atoms with Crippen LogP contribution in [0.3, 0.4) is 0 Å². The number of hydrogen-bond donors (Lipinski definition) is 1. The van der Waals surface area contributed by atoms with E-state index in [0.717, 1.165) is 42.9 Å². The molecule has 1 N–H and O–H groups in total. The van der Waals surface area contributed by atoms with Crippen LogP contribution in [0.15, 0.2) is 0 Å². The van der Waals surface area contributed by atoms with Gasteiger partial charge in [-0.2, -0.15) is 5.26 Å². The third kappa shape index (κ3) is 7.22. The fourth-order valence-electron chi connectivity index (χ4n) is 5.80. The van der Waals surface area contributed by atoms with Crippen LogP contribution in [0.5, 0.6) is 0 Å². The fourth-order valence-corrected chi connectivity index (χ4v) is 5.80. The molecule has 2 fully saturated rings. The topological polar surface area (TPSA) is 44.0 Å². The Bertz CT molecular complexity index is 386. The van der Waals surface area contributed by atoms with Crippen LogP contribution < -0.4 is 0 Å². The molecule has 0 aromatic heterocycles. The first-order chi connectivity index (χ1) is 12.8. The molecule has 2 nitrogen and oxygen atoms in total.